The molecule has 144 valence electrons. The van der Waals surface area contributed by atoms with Crippen LogP contribution in [-0.4, -0.2) is 33.9 Å². The third kappa shape index (κ3) is 4.65. The molecule has 0 unspecified atom stereocenters. The maximum Gasteiger partial charge on any atom is 0.263 e. The van der Waals surface area contributed by atoms with Crippen molar-refractivity contribution >= 4 is 5.91 Å². The van der Waals surface area contributed by atoms with E-state index in [-0.39, 0.29) is 22.9 Å². The summed E-state index contributed by atoms with van der Waals surface area (Å²) in [6.45, 7) is 7.50. The number of hydrogen-bond acceptors (Lipinski definition) is 3. The molecule has 27 heavy (non-hydrogen) atoms. The Morgan fingerprint density at radius 1 is 1.33 bits per heavy atom. The molecule has 5 nitrogen and oxygen atoms in total. The molecule has 1 aliphatic rings. The van der Waals surface area contributed by atoms with Crippen LogP contribution in [0, 0.1) is 12.8 Å². The summed E-state index contributed by atoms with van der Waals surface area (Å²) >= 11 is 0. The number of carbonyl (C=O) groups is 1. The summed E-state index contributed by atoms with van der Waals surface area (Å²) in [4.78, 5) is 34.0. The summed E-state index contributed by atoms with van der Waals surface area (Å²) in [7, 11) is 0. The van der Waals surface area contributed by atoms with Crippen molar-refractivity contribution in [1.29, 1.82) is 0 Å². The highest BCUT2D eigenvalue weighted by molar-refractivity contribution is 5.93. The smallest absolute Gasteiger partial charge is 0.263 e. The molecule has 1 aromatic carbocycles. The molecule has 0 aliphatic carbocycles. The van der Waals surface area contributed by atoms with Gasteiger partial charge in [0.1, 0.15) is 11.4 Å². The first kappa shape index (κ1) is 19.3. The lowest BCUT2D eigenvalue weighted by Crippen LogP contribution is -2.42. The molecule has 0 saturated carbocycles. The summed E-state index contributed by atoms with van der Waals surface area (Å²) in [6.07, 6.45) is 5.66. The summed E-state index contributed by atoms with van der Waals surface area (Å²) in [5, 5.41) is 0. The van der Waals surface area contributed by atoms with Crippen LogP contribution in [0.25, 0.3) is 0 Å². The predicted octanol–water partition coefficient (Wildman–Crippen LogP) is 3.69. The van der Waals surface area contributed by atoms with Crippen molar-refractivity contribution in [1.82, 2.24) is 14.9 Å². The number of H-pyrrole nitrogens is 1. The second-order valence-corrected chi connectivity index (χ2v) is 7.89. The minimum absolute atomic E-state index is 0.127. The number of amides is 1. The monoisotopic (exact) mass is 367 g/mol. The number of rotatable bonds is 5. The van der Waals surface area contributed by atoms with Gasteiger partial charge in [0.25, 0.3) is 11.5 Å². The van der Waals surface area contributed by atoms with Crippen LogP contribution in [0.4, 0.5) is 0 Å². The number of likely N-dealkylation sites (tertiary alicyclic amines) is 1. The highest BCUT2D eigenvalue weighted by atomic mass is 16.2. The van der Waals surface area contributed by atoms with Gasteiger partial charge < -0.3 is 9.88 Å². The molecule has 3 rings (SSSR count). The van der Waals surface area contributed by atoms with E-state index in [0.29, 0.717) is 18.3 Å². The van der Waals surface area contributed by atoms with Crippen LogP contribution in [0.5, 0.6) is 0 Å². The van der Waals surface area contributed by atoms with Gasteiger partial charge in [-0.05, 0) is 49.7 Å². The summed E-state index contributed by atoms with van der Waals surface area (Å²) in [6, 6.07) is 8.48. The van der Waals surface area contributed by atoms with Gasteiger partial charge in [0.2, 0.25) is 0 Å². The number of carbonyl (C=O) groups excluding carboxylic acids is 1. The average molecular weight is 367 g/mol. The standard InChI is InChI=1S/C22H29N3O2/c1-15(2)20-23-13-19(21(26)24-20)22(27)25-12-6-8-17(14-25)10-11-18-9-5-4-7-16(18)3/h4-5,7,9,13,15,17H,6,8,10-12,14H2,1-3H3,(H,23,24,26)/t17-/m1/s1. The van der Waals surface area contributed by atoms with Crippen molar-refractivity contribution in [2.75, 3.05) is 13.1 Å². The molecular weight excluding hydrogens is 338 g/mol. The van der Waals surface area contributed by atoms with Crippen molar-refractivity contribution in [3.8, 4) is 0 Å². The van der Waals surface area contributed by atoms with Crippen molar-refractivity contribution in [3.63, 3.8) is 0 Å². The number of nitrogens with zero attached hydrogens (tertiary/aromatic N) is 2. The van der Waals surface area contributed by atoms with Gasteiger partial charge in [-0.25, -0.2) is 4.98 Å². The van der Waals surface area contributed by atoms with Gasteiger partial charge in [-0.15, -0.1) is 0 Å². The number of aryl methyl sites for hydroxylation is 2. The van der Waals surface area contributed by atoms with E-state index < -0.39 is 0 Å². The molecule has 1 amide bonds. The number of benzene rings is 1. The van der Waals surface area contributed by atoms with Crippen molar-refractivity contribution in [2.45, 2.75) is 52.4 Å². The fraction of sp³-hybridized carbons (Fsp3) is 0.500. The highest BCUT2D eigenvalue weighted by Crippen LogP contribution is 2.23. The number of hydrogen-bond donors (Lipinski definition) is 1. The van der Waals surface area contributed by atoms with Crippen LogP contribution in [0.2, 0.25) is 0 Å². The molecule has 2 heterocycles. The first-order chi connectivity index (χ1) is 13.0. The van der Waals surface area contributed by atoms with E-state index >= 15 is 0 Å². The largest absolute Gasteiger partial charge is 0.338 e. The Morgan fingerprint density at radius 2 is 2.11 bits per heavy atom. The fourth-order valence-corrected chi connectivity index (χ4v) is 3.76. The van der Waals surface area contributed by atoms with Gasteiger partial charge in [0.15, 0.2) is 0 Å². The molecule has 1 fully saturated rings. The van der Waals surface area contributed by atoms with E-state index in [1.165, 1.54) is 17.3 Å². The van der Waals surface area contributed by atoms with Crippen LogP contribution in [0.15, 0.2) is 35.3 Å². The second kappa shape index (κ2) is 8.51. The Balaban J connectivity index is 1.64. The lowest BCUT2D eigenvalue weighted by atomic mass is 9.90. The van der Waals surface area contributed by atoms with Gasteiger partial charge >= 0.3 is 0 Å². The maximum atomic E-state index is 12.8. The van der Waals surface area contributed by atoms with Crippen molar-refractivity contribution in [3.05, 3.63) is 63.3 Å². The molecule has 0 bridgehead atoms. The molecule has 1 saturated heterocycles. The maximum absolute atomic E-state index is 12.8. The number of piperidine rings is 1. The zero-order valence-corrected chi connectivity index (χ0v) is 16.5. The van der Waals surface area contributed by atoms with E-state index in [0.717, 1.165) is 32.2 Å². The lowest BCUT2D eigenvalue weighted by Gasteiger charge is -2.32. The second-order valence-electron chi connectivity index (χ2n) is 7.89. The average Bonchev–Trinajstić information content (AvgIpc) is 2.67. The third-order valence-electron chi connectivity index (χ3n) is 5.49. The molecule has 1 aromatic heterocycles. The molecule has 0 spiro atoms. The van der Waals surface area contributed by atoms with Crippen molar-refractivity contribution < 1.29 is 4.79 Å². The lowest BCUT2D eigenvalue weighted by molar-refractivity contribution is 0.0666. The Labute approximate surface area is 160 Å². The van der Waals surface area contributed by atoms with Gasteiger partial charge in [-0.2, -0.15) is 0 Å². The third-order valence-corrected chi connectivity index (χ3v) is 5.49. The molecule has 5 heteroatoms. The zero-order valence-electron chi connectivity index (χ0n) is 16.5. The summed E-state index contributed by atoms with van der Waals surface area (Å²) in [5.74, 6) is 1.03. The van der Waals surface area contributed by atoms with Gasteiger partial charge in [-0.1, -0.05) is 38.1 Å². The Kier molecular flexibility index (Phi) is 6.09. The van der Waals surface area contributed by atoms with Crippen LogP contribution in [-0.2, 0) is 6.42 Å². The van der Waals surface area contributed by atoms with Crippen LogP contribution in [0.1, 0.15) is 66.3 Å². The Hall–Kier alpha value is -2.43. The molecule has 0 radical (unpaired) electrons. The Morgan fingerprint density at radius 3 is 2.81 bits per heavy atom. The van der Waals surface area contributed by atoms with Crippen LogP contribution >= 0.6 is 0 Å². The van der Waals surface area contributed by atoms with Gasteiger partial charge in [0, 0.05) is 25.2 Å². The van der Waals surface area contributed by atoms with Crippen LogP contribution < -0.4 is 5.56 Å². The number of nitrogens with one attached hydrogen (secondary N) is 1. The van der Waals surface area contributed by atoms with E-state index in [4.69, 9.17) is 0 Å². The molecular formula is C22H29N3O2. The normalized spacial score (nSPS) is 17.3. The molecule has 1 atom stereocenters. The zero-order chi connectivity index (χ0) is 19.4. The topological polar surface area (TPSA) is 66.1 Å². The summed E-state index contributed by atoms with van der Waals surface area (Å²) < 4.78 is 0. The van der Waals surface area contributed by atoms with E-state index in [9.17, 15) is 9.59 Å². The summed E-state index contributed by atoms with van der Waals surface area (Å²) in [5.41, 5.74) is 2.52. The number of aromatic amines is 1. The molecule has 2 aromatic rings. The van der Waals surface area contributed by atoms with E-state index in [1.54, 1.807) is 0 Å². The number of aromatic nitrogens is 2. The van der Waals surface area contributed by atoms with Crippen molar-refractivity contribution in [2.24, 2.45) is 5.92 Å². The quantitative estimate of drug-likeness (QED) is 0.876. The van der Waals surface area contributed by atoms with Gasteiger partial charge in [-0.3, -0.25) is 9.59 Å². The molecule has 1 aliphatic heterocycles. The first-order valence-electron chi connectivity index (χ1n) is 9.88. The predicted molar refractivity (Wildman–Crippen MR) is 107 cm³/mol. The van der Waals surface area contributed by atoms with E-state index in [2.05, 4.69) is 41.2 Å². The minimum Gasteiger partial charge on any atom is -0.338 e. The first-order valence-corrected chi connectivity index (χ1v) is 9.88. The van der Waals surface area contributed by atoms with E-state index in [1.807, 2.05) is 18.7 Å². The van der Waals surface area contributed by atoms with Gasteiger partial charge in [0.05, 0.1) is 0 Å². The fourth-order valence-electron chi connectivity index (χ4n) is 3.76. The highest BCUT2D eigenvalue weighted by Gasteiger charge is 2.26. The minimum atomic E-state index is -0.333. The SMILES string of the molecule is Cc1ccccc1CC[C@H]1CCCN(C(=O)c2cnc(C(C)C)[nH]c2=O)C1. The Bertz CT molecular complexity index is 857. The molecule has 1 N–H and O–H groups in total. The van der Waals surface area contributed by atoms with Crippen LogP contribution in [0.3, 0.4) is 0 Å².